The Morgan fingerprint density at radius 3 is 2.69 bits per heavy atom. The molecule has 0 unspecified atom stereocenters. The third kappa shape index (κ3) is 3.15. The van der Waals surface area contributed by atoms with Gasteiger partial charge in [0.05, 0.1) is 43.8 Å². The van der Waals surface area contributed by atoms with Gasteiger partial charge < -0.3 is 23.7 Å². The SMILES string of the molecule is CCCn1cnc2cc(N3COCC(C(=O)OC)=C3C(=O)OC)ccc21. The van der Waals surface area contributed by atoms with Gasteiger partial charge in [-0.25, -0.2) is 14.6 Å². The zero-order valence-electron chi connectivity index (χ0n) is 15.0. The molecule has 8 heteroatoms. The number of carbonyl (C=O) groups excluding carboxylic acids is 2. The Kier molecular flexibility index (Phi) is 5.22. The monoisotopic (exact) mass is 359 g/mol. The summed E-state index contributed by atoms with van der Waals surface area (Å²) < 4.78 is 17.2. The lowest BCUT2D eigenvalue weighted by molar-refractivity contribution is -0.140. The Balaban J connectivity index is 2.07. The van der Waals surface area contributed by atoms with Crippen molar-refractivity contribution in [3.8, 4) is 0 Å². The topological polar surface area (TPSA) is 82.9 Å². The molecule has 8 nitrogen and oxygen atoms in total. The maximum atomic E-state index is 12.3. The minimum absolute atomic E-state index is 0.0129. The van der Waals surface area contributed by atoms with Crippen molar-refractivity contribution in [3.05, 3.63) is 35.8 Å². The summed E-state index contributed by atoms with van der Waals surface area (Å²) in [6, 6.07) is 5.66. The largest absolute Gasteiger partial charge is 0.466 e. The molecule has 0 atom stereocenters. The van der Waals surface area contributed by atoms with E-state index in [1.165, 1.54) is 14.2 Å². The molecule has 0 saturated heterocycles. The number of benzene rings is 1. The van der Waals surface area contributed by atoms with Gasteiger partial charge in [0.15, 0.2) is 0 Å². The van der Waals surface area contributed by atoms with Crippen molar-refractivity contribution >= 4 is 28.7 Å². The summed E-state index contributed by atoms with van der Waals surface area (Å²) in [5, 5.41) is 0. The third-order valence-corrected chi connectivity index (χ3v) is 4.21. The molecule has 0 amide bonds. The smallest absolute Gasteiger partial charge is 0.355 e. The van der Waals surface area contributed by atoms with Gasteiger partial charge >= 0.3 is 11.9 Å². The van der Waals surface area contributed by atoms with Gasteiger partial charge in [-0.05, 0) is 24.6 Å². The van der Waals surface area contributed by atoms with Crippen molar-refractivity contribution in [1.29, 1.82) is 0 Å². The Hall–Kier alpha value is -2.87. The molecule has 26 heavy (non-hydrogen) atoms. The van der Waals surface area contributed by atoms with E-state index in [0.717, 1.165) is 24.0 Å². The van der Waals surface area contributed by atoms with E-state index in [1.807, 2.05) is 18.2 Å². The Labute approximate surface area is 150 Å². The van der Waals surface area contributed by atoms with Gasteiger partial charge in [0.25, 0.3) is 0 Å². The van der Waals surface area contributed by atoms with Crippen LogP contribution in [-0.2, 0) is 30.3 Å². The maximum absolute atomic E-state index is 12.3. The van der Waals surface area contributed by atoms with E-state index in [2.05, 4.69) is 16.5 Å². The van der Waals surface area contributed by atoms with Crippen LogP contribution in [0.25, 0.3) is 11.0 Å². The fraction of sp³-hybridized carbons (Fsp3) is 0.389. The third-order valence-electron chi connectivity index (χ3n) is 4.21. The number of methoxy groups -OCH3 is 2. The number of nitrogens with zero attached hydrogens (tertiary/aromatic N) is 3. The maximum Gasteiger partial charge on any atom is 0.355 e. The molecule has 3 rings (SSSR count). The lowest BCUT2D eigenvalue weighted by atomic mass is 10.1. The summed E-state index contributed by atoms with van der Waals surface area (Å²) in [6.07, 6.45) is 2.80. The minimum Gasteiger partial charge on any atom is -0.466 e. The van der Waals surface area contributed by atoms with Gasteiger partial charge in [-0.1, -0.05) is 6.92 Å². The molecule has 2 heterocycles. The second kappa shape index (κ2) is 7.57. The quantitative estimate of drug-likeness (QED) is 0.753. The molecule has 2 aromatic rings. The van der Waals surface area contributed by atoms with Crippen LogP contribution in [0.2, 0.25) is 0 Å². The first kappa shape index (κ1) is 17.9. The van der Waals surface area contributed by atoms with E-state index in [4.69, 9.17) is 14.2 Å². The van der Waals surface area contributed by atoms with Crippen molar-refractivity contribution in [2.24, 2.45) is 0 Å². The molecule has 0 saturated carbocycles. The number of hydrogen-bond donors (Lipinski definition) is 0. The fourth-order valence-electron chi connectivity index (χ4n) is 2.99. The van der Waals surface area contributed by atoms with Crippen LogP contribution in [0.1, 0.15) is 13.3 Å². The highest BCUT2D eigenvalue weighted by Gasteiger charge is 2.32. The van der Waals surface area contributed by atoms with Crippen molar-refractivity contribution in [1.82, 2.24) is 9.55 Å². The zero-order valence-corrected chi connectivity index (χ0v) is 15.0. The number of carbonyl (C=O) groups is 2. The molecule has 138 valence electrons. The van der Waals surface area contributed by atoms with E-state index in [0.29, 0.717) is 5.69 Å². The van der Waals surface area contributed by atoms with Crippen LogP contribution in [0.5, 0.6) is 0 Å². The summed E-state index contributed by atoms with van der Waals surface area (Å²) in [7, 11) is 2.53. The first-order valence-corrected chi connectivity index (χ1v) is 8.30. The molecule has 0 radical (unpaired) electrons. The summed E-state index contributed by atoms with van der Waals surface area (Å²) >= 11 is 0. The van der Waals surface area contributed by atoms with Gasteiger partial charge in [-0.3, -0.25) is 0 Å². The molecular weight excluding hydrogens is 338 g/mol. The molecule has 1 aliphatic heterocycles. The summed E-state index contributed by atoms with van der Waals surface area (Å²) in [6.45, 7) is 3.09. The van der Waals surface area contributed by atoms with Crippen LogP contribution in [0.4, 0.5) is 5.69 Å². The minimum atomic E-state index is -0.622. The number of rotatable bonds is 5. The highest BCUT2D eigenvalue weighted by molar-refractivity contribution is 6.03. The van der Waals surface area contributed by atoms with Gasteiger partial charge in [-0.2, -0.15) is 0 Å². The number of ether oxygens (including phenoxy) is 3. The Morgan fingerprint density at radius 1 is 1.23 bits per heavy atom. The summed E-state index contributed by atoms with van der Waals surface area (Å²) in [4.78, 5) is 30.4. The molecule has 0 bridgehead atoms. The molecule has 0 spiro atoms. The van der Waals surface area contributed by atoms with E-state index in [9.17, 15) is 9.59 Å². The zero-order chi connectivity index (χ0) is 18.7. The van der Waals surface area contributed by atoms with E-state index in [-0.39, 0.29) is 24.6 Å². The predicted molar refractivity (Wildman–Crippen MR) is 94.4 cm³/mol. The second-order valence-corrected chi connectivity index (χ2v) is 5.83. The van der Waals surface area contributed by atoms with Crippen LogP contribution < -0.4 is 4.90 Å². The first-order chi connectivity index (χ1) is 12.6. The van der Waals surface area contributed by atoms with Crippen LogP contribution in [0.15, 0.2) is 35.8 Å². The van der Waals surface area contributed by atoms with Crippen molar-refractivity contribution in [2.75, 3.05) is 32.5 Å². The van der Waals surface area contributed by atoms with Gasteiger partial charge in [0.1, 0.15) is 12.4 Å². The van der Waals surface area contributed by atoms with Crippen molar-refractivity contribution in [2.45, 2.75) is 19.9 Å². The van der Waals surface area contributed by atoms with Crippen LogP contribution in [0, 0.1) is 0 Å². The van der Waals surface area contributed by atoms with E-state index >= 15 is 0 Å². The van der Waals surface area contributed by atoms with Crippen LogP contribution >= 0.6 is 0 Å². The number of hydrogen-bond acceptors (Lipinski definition) is 7. The van der Waals surface area contributed by atoms with E-state index < -0.39 is 11.9 Å². The first-order valence-electron chi connectivity index (χ1n) is 8.30. The van der Waals surface area contributed by atoms with E-state index in [1.54, 1.807) is 11.2 Å². The van der Waals surface area contributed by atoms with Crippen molar-refractivity contribution < 1.29 is 23.8 Å². The lowest BCUT2D eigenvalue weighted by Crippen LogP contribution is -2.38. The lowest BCUT2D eigenvalue weighted by Gasteiger charge is -2.31. The van der Waals surface area contributed by atoms with Gasteiger partial charge in [-0.15, -0.1) is 0 Å². The molecule has 0 aliphatic carbocycles. The number of esters is 2. The molecular formula is C18H21N3O5. The number of anilines is 1. The molecule has 0 N–H and O–H groups in total. The normalized spacial score (nSPS) is 14.7. The average molecular weight is 359 g/mol. The standard InChI is InChI=1S/C18H21N3O5/c1-4-7-20-10-19-14-8-12(5-6-15(14)20)21-11-26-9-13(17(22)24-2)16(21)18(23)25-3/h5-6,8,10H,4,7,9,11H2,1-3H3. The number of aromatic nitrogens is 2. The Morgan fingerprint density at radius 2 is 2.00 bits per heavy atom. The van der Waals surface area contributed by atoms with Gasteiger partial charge in [0.2, 0.25) is 0 Å². The predicted octanol–water partition coefficient (Wildman–Crippen LogP) is 1.84. The Bertz CT molecular complexity index is 871. The molecule has 0 fully saturated rings. The number of aryl methyl sites for hydroxylation is 1. The highest BCUT2D eigenvalue weighted by atomic mass is 16.5. The average Bonchev–Trinajstić information content (AvgIpc) is 3.08. The van der Waals surface area contributed by atoms with Crippen LogP contribution in [-0.4, -0.2) is 49.0 Å². The van der Waals surface area contributed by atoms with Gasteiger partial charge in [0, 0.05) is 12.2 Å². The summed E-state index contributed by atoms with van der Waals surface area (Å²) in [5.74, 6) is -1.24. The van der Waals surface area contributed by atoms with Crippen LogP contribution in [0.3, 0.4) is 0 Å². The summed E-state index contributed by atoms with van der Waals surface area (Å²) in [5.41, 5.74) is 2.73. The molecule has 1 aromatic heterocycles. The molecule has 1 aliphatic rings. The fourth-order valence-corrected chi connectivity index (χ4v) is 2.99. The highest BCUT2D eigenvalue weighted by Crippen LogP contribution is 2.29. The number of imidazole rings is 1. The second-order valence-electron chi connectivity index (χ2n) is 5.83. The molecule has 1 aromatic carbocycles. The number of fused-ring (bicyclic) bond motifs is 1. The van der Waals surface area contributed by atoms with Crippen molar-refractivity contribution in [3.63, 3.8) is 0 Å².